The summed E-state index contributed by atoms with van der Waals surface area (Å²) in [6.45, 7) is 0. The molecule has 0 spiro atoms. The summed E-state index contributed by atoms with van der Waals surface area (Å²) in [7, 11) is 0. The number of rotatable bonds is 0. The first kappa shape index (κ1) is 84.5. The van der Waals surface area contributed by atoms with Gasteiger partial charge in [0, 0.05) is 0 Å². The Morgan fingerprint density at radius 3 is 0.375 bits per heavy atom. The van der Waals surface area contributed by atoms with E-state index in [0.717, 1.165) is 0 Å². The Hall–Kier alpha value is 1.52. The first-order chi connectivity index (χ1) is 3.46. The van der Waals surface area contributed by atoms with Crippen molar-refractivity contribution in [2.45, 2.75) is 0 Å². The van der Waals surface area contributed by atoms with E-state index >= 15 is 0 Å². The molecule has 7 nitrogen and oxygen atoms in total. The second-order valence-corrected chi connectivity index (χ2v) is 2.87. The quantitative estimate of drug-likeness (QED) is 0.211. The van der Waals surface area contributed by atoms with Crippen LogP contribution in [0.2, 0.25) is 0 Å². The fourth-order valence-corrected chi connectivity index (χ4v) is 0. The zero-order chi connectivity index (χ0) is 7.15. The Bertz CT molecular complexity index is 42.3. The van der Waals surface area contributed by atoms with Gasteiger partial charge in [-0.3, -0.25) is 0 Å². The van der Waals surface area contributed by atoms with Crippen molar-refractivity contribution < 1.29 is 75.0 Å². The van der Waals surface area contributed by atoms with Gasteiger partial charge in [0.15, 0.2) is 0 Å². The van der Waals surface area contributed by atoms with Gasteiger partial charge in [-0.2, -0.15) is 0 Å². The number of hydrogen-bond donors (Lipinski definition) is 0. The Labute approximate surface area is 117 Å². The first-order valence-electron chi connectivity index (χ1n) is 1.13. The summed E-state index contributed by atoms with van der Waals surface area (Å²) in [6, 6.07) is 0. The molecule has 0 aromatic heterocycles. The van der Waals surface area contributed by atoms with Crippen LogP contribution in [-0.2, 0) is 19.5 Å². The minimum atomic E-state index is -5.04. The average molecular weight is 543 g/mol. The molecule has 0 saturated heterocycles. The predicted molar refractivity (Wildman–Crippen MR) is 43.5 cm³/mol. The van der Waals surface area contributed by atoms with Crippen LogP contribution in [0.3, 0.4) is 0 Å². The molecule has 0 unspecified atom stereocenters. The zero-order valence-electron chi connectivity index (χ0n) is 7.47. The minimum Gasteiger partial charge on any atom is 2.00 e. The summed E-state index contributed by atoms with van der Waals surface area (Å²) in [5, 5.41) is 0. The molecule has 0 aliphatic carbocycles. The van der Waals surface area contributed by atoms with Crippen molar-refractivity contribution in [2.75, 3.05) is 0 Å². The van der Waals surface area contributed by atoms with Crippen molar-refractivity contribution in [1.29, 1.82) is 0 Å². The fraction of sp³-hybridized carbons (Fsp3) is 0. The normalized spacial score (nSPS) is 4.50. The maximum atomic E-state index is 9.86. The van der Waals surface area contributed by atoms with Gasteiger partial charge in [0.25, 0.3) is 0 Å². The van der Waals surface area contributed by atoms with Gasteiger partial charge >= 0.3 is 79.6 Å². The Balaban J connectivity index is -0.00000000375. The van der Waals surface area contributed by atoms with E-state index in [1.54, 1.807) is 0 Å². The smallest absolute Gasteiger partial charge is 2.00 e. The molecule has 0 aromatic carbocycles. The van der Waals surface area contributed by atoms with E-state index in [1.807, 2.05) is 0 Å². The van der Waals surface area contributed by atoms with Crippen LogP contribution in [0, 0.1) is 0 Å². The van der Waals surface area contributed by atoms with Gasteiger partial charge in [-0.05, 0) is 0 Å². The van der Waals surface area contributed by atoms with Gasteiger partial charge in [-0.1, -0.05) is 0 Å². The third kappa shape index (κ3) is 1420. The zero-order valence-corrected chi connectivity index (χ0v) is 16.2. The van der Waals surface area contributed by atoms with Gasteiger partial charge in [-0.25, -0.2) is 0 Å². The molecule has 0 amide bonds. The second-order valence-electron chi connectivity index (χ2n) is 0.429. The summed E-state index contributed by atoms with van der Waals surface area (Å²) in [4.78, 5) is 0. The van der Waals surface area contributed by atoms with Crippen molar-refractivity contribution in [2.24, 2.45) is 0 Å². The number of hydrogen-bond acceptors (Lipinski definition) is 0. The maximum Gasteiger partial charge on any atom is 2.00 e. The van der Waals surface area contributed by atoms with E-state index in [9.17, 15) is 17.2 Å². The predicted octanol–water partition coefficient (Wildman–Crippen LogP) is -4.02. The summed E-state index contributed by atoms with van der Waals surface area (Å²) in [5.74, 6) is 0. The van der Waals surface area contributed by atoms with Crippen LogP contribution < -0.4 is 0 Å². The van der Waals surface area contributed by atoms with Gasteiger partial charge < -0.3 is 38.3 Å². The molecule has 0 heterocycles. The van der Waals surface area contributed by atoms with Crippen LogP contribution in [0.25, 0.3) is 0 Å². The Kier molecular flexibility index (Phi) is 372. The van der Waals surface area contributed by atoms with Crippen LogP contribution in [0.15, 0.2) is 0 Å². The van der Waals surface area contributed by atoms with Crippen molar-refractivity contribution in [3.63, 3.8) is 0 Å². The van der Waals surface area contributed by atoms with Crippen LogP contribution in [0.1, 0.15) is 0 Å². The summed E-state index contributed by atoms with van der Waals surface area (Å²) < 4.78 is 59.2. The topological polar surface area (TPSA) is 220 Å². The van der Waals surface area contributed by atoms with Crippen molar-refractivity contribution in [3.05, 3.63) is 0 Å². The van der Waals surface area contributed by atoms with Crippen LogP contribution in [-0.4, -0.2) is 81.3 Å². The van der Waals surface area contributed by atoms with Crippen molar-refractivity contribution in [1.82, 2.24) is 0 Å². The molecule has 16 heavy (non-hydrogen) atoms. The van der Waals surface area contributed by atoms with Gasteiger partial charge in [0.05, 0.1) is 0 Å². The third-order valence-corrected chi connectivity index (χ3v) is 0. The average Bonchev–Trinajstić information content (AvgIpc) is 1.25. The monoisotopic (exact) mass is 544 g/mol. The Morgan fingerprint density at radius 1 is 0.375 bits per heavy atom. The number of halogens is 6. The molecule has 0 rings (SSSR count). The fourth-order valence-electron chi connectivity index (χ4n) is 0. The molecule has 16 heteroatoms. The summed E-state index contributed by atoms with van der Waals surface area (Å²) in [6.07, 6.45) is 0. The molecule has 108 valence electrons. The molecular formula is H14F6O7Sn2Zn. The molecule has 0 aliphatic rings. The van der Waals surface area contributed by atoms with Gasteiger partial charge in [-0.15, -0.1) is 0 Å². The third-order valence-electron chi connectivity index (χ3n) is 0. The second kappa shape index (κ2) is 70.4. The molecule has 0 atom stereocenters. The standard InChI is InChI=1S/6FH.7H2O.2Sn.Zn/h6*1H;7*1H2;;;/q;;;;;;;;;;;;;3*+2/p-6. The molecule has 0 aromatic rings. The molecule has 0 bridgehead atoms. The van der Waals surface area contributed by atoms with E-state index in [1.165, 1.54) is 0 Å². The molecule has 0 saturated carbocycles. The van der Waals surface area contributed by atoms with E-state index in [0.29, 0.717) is 0 Å². The molecule has 14 N–H and O–H groups in total. The van der Waals surface area contributed by atoms with E-state index in [-0.39, 0.29) is 57.8 Å². The van der Waals surface area contributed by atoms with Crippen LogP contribution in [0.4, 0.5) is 17.2 Å². The molecular weight excluding hydrogens is 529 g/mol. The molecule has 0 fully saturated rings. The van der Waals surface area contributed by atoms with Crippen LogP contribution in [0.5, 0.6) is 0 Å². The summed E-state index contributed by atoms with van der Waals surface area (Å²) >= 11 is -10.1. The first-order valence-corrected chi connectivity index (χ1v) is 7.61. The van der Waals surface area contributed by atoms with E-state index < -0.39 is 43.0 Å². The van der Waals surface area contributed by atoms with E-state index in [2.05, 4.69) is 0 Å². The Morgan fingerprint density at radius 2 is 0.375 bits per heavy atom. The minimum absolute atomic E-state index is 0. The van der Waals surface area contributed by atoms with Crippen molar-refractivity contribution >= 4 is 43.0 Å². The van der Waals surface area contributed by atoms with Gasteiger partial charge in [0.2, 0.25) is 0 Å². The summed E-state index contributed by atoms with van der Waals surface area (Å²) in [5.41, 5.74) is 0. The molecule has 0 radical (unpaired) electrons. The van der Waals surface area contributed by atoms with E-state index in [4.69, 9.17) is 0 Å². The van der Waals surface area contributed by atoms with Crippen LogP contribution >= 0.6 is 0 Å². The molecule has 0 aliphatic heterocycles. The maximum absolute atomic E-state index is 9.86. The van der Waals surface area contributed by atoms with Crippen molar-refractivity contribution in [3.8, 4) is 0 Å². The van der Waals surface area contributed by atoms with Gasteiger partial charge in [0.1, 0.15) is 0 Å². The largest absolute Gasteiger partial charge is 2.00 e. The SMILES string of the molecule is O.O.O.O.O.O.O.[F][Sn-]([F])[F].[F][Sn-]([F])[F].[Zn+2].